The number of aryl methyl sites for hydroxylation is 1. The predicted molar refractivity (Wildman–Crippen MR) is 131 cm³/mol. The van der Waals surface area contributed by atoms with E-state index in [4.69, 9.17) is 15.2 Å². The van der Waals surface area contributed by atoms with Crippen LogP contribution in [-0.4, -0.2) is 56.0 Å². The van der Waals surface area contributed by atoms with Gasteiger partial charge >= 0.3 is 0 Å². The van der Waals surface area contributed by atoms with Crippen LogP contribution in [0.5, 0.6) is 17.4 Å². The van der Waals surface area contributed by atoms with E-state index < -0.39 is 11.9 Å². The summed E-state index contributed by atoms with van der Waals surface area (Å²) in [4.78, 5) is 30.0. The monoisotopic (exact) mass is 490 g/mol. The second-order valence-corrected chi connectivity index (χ2v) is 8.88. The van der Waals surface area contributed by atoms with Gasteiger partial charge in [0.15, 0.2) is 11.6 Å². The third kappa shape index (κ3) is 5.13. The van der Waals surface area contributed by atoms with Crippen molar-refractivity contribution >= 4 is 16.9 Å². The first-order chi connectivity index (χ1) is 17.5. The Balaban J connectivity index is 1.17. The van der Waals surface area contributed by atoms with Crippen LogP contribution in [0.2, 0.25) is 0 Å². The Morgan fingerprint density at radius 2 is 2.11 bits per heavy atom. The van der Waals surface area contributed by atoms with Crippen LogP contribution in [0.25, 0.3) is 11.0 Å². The zero-order valence-electron chi connectivity index (χ0n) is 19.9. The van der Waals surface area contributed by atoms with Gasteiger partial charge in [0.2, 0.25) is 11.8 Å². The number of piperidine rings is 1. The van der Waals surface area contributed by atoms with Gasteiger partial charge in [-0.2, -0.15) is 0 Å². The van der Waals surface area contributed by atoms with Gasteiger partial charge < -0.3 is 25.1 Å². The van der Waals surface area contributed by atoms with Crippen LogP contribution in [0.3, 0.4) is 0 Å². The van der Waals surface area contributed by atoms with Crippen molar-refractivity contribution in [1.82, 2.24) is 24.8 Å². The molecule has 3 N–H and O–H groups in total. The van der Waals surface area contributed by atoms with Gasteiger partial charge in [-0.15, -0.1) is 0 Å². The quantitative estimate of drug-likeness (QED) is 0.407. The third-order valence-electron chi connectivity index (χ3n) is 6.30. The Morgan fingerprint density at radius 1 is 1.28 bits per heavy atom. The Morgan fingerprint density at radius 3 is 2.86 bits per heavy atom. The zero-order chi connectivity index (χ0) is 25.1. The summed E-state index contributed by atoms with van der Waals surface area (Å²) in [7, 11) is 0. The minimum atomic E-state index is -0.768. The first kappa shape index (κ1) is 23.7. The van der Waals surface area contributed by atoms with Crippen molar-refractivity contribution in [3.8, 4) is 17.4 Å². The highest BCUT2D eigenvalue weighted by Gasteiger charge is 2.27. The lowest BCUT2D eigenvalue weighted by Crippen LogP contribution is -2.49. The number of carbonyl (C=O) groups is 1. The van der Waals surface area contributed by atoms with Crippen LogP contribution in [0, 0.1) is 12.7 Å². The van der Waals surface area contributed by atoms with Crippen molar-refractivity contribution in [2.75, 3.05) is 13.1 Å². The molecule has 1 aromatic carbocycles. The van der Waals surface area contributed by atoms with Crippen molar-refractivity contribution < 1.29 is 18.7 Å². The number of halogens is 1. The summed E-state index contributed by atoms with van der Waals surface area (Å²) in [5.74, 6) is 0.325. The van der Waals surface area contributed by atoms with E-state index in [9.17, 15) is 9.18 Å². The van der Waals surface area contributed by atoms with Crippen LogP contribution in [0.15, 0.2) is 55.2 Å². The molecule has 10 heteroatoms. The molecule has 0 spiro atoms. The Hall–Kier alpha value is -4.05. The van der Waals surface area contributed by atoms with E-state index in [0.29, 0.717) is 42.5 Å². The number of pyridine rings is 1. The number of aromatic nitrogens is 4. The fourth-order valence-corrected chi connectivity index (χ4v) is 4.40. The van der Waals surface area contributed by atoms with Crippen molar-refractivity contribution in [3.63, 3.8) is 0 Å². The van der Waals surface area contributed by atoms with Gasteiger partial charge in [0.05, 0.1) is 17.6 Å². The average molecular weight is 491 g/mol. The normalized spacial score (nSPS) is 15.1. The maximum atomic E-state index is 14.9. The fourth-order valence-electron chi connectivity index (χ4n) is 4.40. The van der Waals surface area contributed by atoms with Crippen LogP contribution in [-0.2, 0) is 11.2 Å². The van der Waals surface area contributed by atoms with Crippen molar-refractivity contribution in [2.45, 2.75) is 38.3 Å². The first-order valence-corrected chi connectivity index (χ1v) is 11.8. The molecule has 4 aromatic rings. The summed E-state index contributed by atoms with van der Waals surface area (Å²) in [6.45, 7) is 3.01. The van der Waals surface area contributed by atoms with E-state index >= 15 is 0 Å². The number of nitrogens with one attached hydrogen (secondary N) is 1. The number of fused-ring (bicyclic) bond motifs is 1. The molecule has 0 aliphatic carbocycles. The summed E-state index contributed by atoms with van der Waals surface area (Å²) >= 11 is 0. The maximum Gasteiger partial charge on any atom is 0.239 e. The lowest BCUT2D eigenvalue weighted by atomic mass is 10.0. The number of amides is 1. The van der Waals surface area contributed by atoms with Gasteiger partial charge in [-0.25, -0.2) is 14.4 Å². The molecule has 0 radical (unpaired) electrons. The molecule has 4 heterocycles. The molecule has 9 nitrogen and oxygen atoms in total. The third-order valence-corrected chi connectivity index (χ3v) is 6.30. The van der Waals surface area contributed by atoms with Gasteiger partial charge in [-0.1, -0.05) is 6.07 Å². The van der Waals surface area contributed by atoms with Gasteiger partial charge in [-0.3, -0.25) is 9.78 Å². The number of aromatic amines is 1. The first-order valence-electron chi connectivity index (χ1n) is 11.8. The lowest BCUT2D eigenvalue weighted by molar-refractivity contribution is -0.134. The Labute approximate surface area is 207 Å². The number of benzene rings is 1. The molecule has 1 aliphatic heterocycles. The van der Waals surface area contributed by atoms with E-state index in [2.05, 4.69) is 19.9 Å². The topological polar surface area (TPSA) is 119 Å². The van der Waals surface area contributed by atoms with Crippen LogP contribution < -0.4 is 15.2 Å². The molecule has 1 amide bonds. The van der Waals surface area contributed by atoms with Crippen molar-refractivity contribution in [2.24, 2.45) is 5.73 Å². The maximum absolute atomic E-state index is 14.9. The fraction of sp³-hybridized carbons (Fsp3) is 0.308. The largest absolute Gasteiger partial charge is 0.489 e. The minimum Gasteiger partial charge on any atom is -0.489 e. The molecule has 1 saturated heterocycles. The standard InChI is InChI=1S/C26H27FN6O3/c1-16-13-30-24-23(16)25(32-15-31-24)36-22-5-4-17(11-20(22)27)12-21(28)26(34)33-9-6-18(7-10-33)35-19-3-2-8-29-14-19/h2-5,8,11,13-15,18,21H,6-7,9-10,12,28H2,1H3,(H,30,31,32)/t21-/m0/s1. The number of ether oxygens (including phenoxy) is 2. The summed E-state index contributed by atoms with van der Waals surface area (Å²) in [5, 5.41) is 0.697. The number of carbonyl (C=O) groups excluding carboxylic acids is 1. The number of rotatable bonds is 7. The molecule has 0 saturated carbocycles. The Kier molecular flexibility index (Phi) is 6.77. The molecule has 1 aliphatic rings. The molecule has 1 atom stereocenters. The zero-order valence-corrected chi connectivity index (χ0v) is 19.9. The molecule has 0 bridgehead atoms. The summed E-state index contributed by atoms with van der Waals surface area (Å²) in [5.41, 5.74) is 8.34. The number of likely N-dealkylation sites (tertiary alicyclic amines) is 1. The van der Waals surface area contributed by atoms with Crippen LogP contribution >= 0.6 is 0 Å². The summed E-state index contributed by atoms with van der Waals surface area (Å²) in [6, 6.07) is 7.51. The van der Waals surface area contributed by atoms with Gasteiger partial charge in [0.25, 0.3) is 0 Å². The van der Waals surface area contributed by atoms with Crippen LogP contribution in [0.1, 0.15) is 24.0 Å². The number of nitrogens with zero attached hydrogens (tertiary/aromatic N) is 4. The molecular weight excluding hydrogens is 463 g/mol. The van der Waals surface area contributed by atoms with Crippen LogP contribution in [0.4, 0.5) is 4.39 Å². The van der Waals surface area contributed by atoms with E-state index in [1.165, 1.54) is 18.5 Å². The Bertz CT molecular complexity index is 1350. The average Bonchev–Trinajstić information content (AvgIpc) is 3.28. The highest BCUT2D eigenvalue weighted by Crippen LogP contribution is 2.30. The number of nitrogens with two attached hydrogens (primary N) is 1. The van der Waals surface area contributed by atoms with Gasteiger partial charge in [-0.05, 0) is 48.7 Å². The van der Waals surface area contributed by atoms with E-state index in [-0.39, 0.29) is 30.1 Å². The van der Waals surface area contributed by atoms with Crippen molar-refractivity contribution in [3.05, 3.63) is 72.2 Å². The van der Waals surface area contributed by atoms with Gasteiger partial charge in [0, 0.05) is 38.3 Å². The highest BCUT2D eigenvalue weighted by molar-refractivity contribution is 5.84. The number of hydrogen-bond donors (Lipinski definition) is 2. The molecule has 1 fully saturated rings. The second-order valence-electron chi connectivity index (χ2n) is 8.88. The van der Waals surface area contributed by atoms with E-state index in [1.807, 2.05) is 19.1 Å². The van der Waals surface area contributed by atoms with Crippen molar-refractivity contribution in [1.29, 1.82) is 0 Å². The predicted octanol–water partition coefficient (Wildman–Crippen LogP) is 3.53. The lowest BCUT2D eigenvalue weighted by Gasteiger charge is -2.33. The van der Waals surface area contributed by atoms with E-state index in [1.54, 1.807) is 29.6 Å². The summed E-state index contributed by atoms with van der Waals surface area (Å²) < 4.78 is 26.5. The molecule has 0 unspecified atom stereocenters. The number of hydrogen-bond acceptors (Lipinski definition) is 7. The molecule has 36 heavy (non-hydrogen) atoms. The summed E-state index contributed by atoms with van der Waals surface area (Å²) in [6.07, 6.45) is 8.20. The molecule has 186 valence electrons. The molecule has 5 rings (SSSR count). The smallest absolute Gasteiger partial charge is 0.239 e. The second kappa shape index (κ2) is 10.3. The molecule has 3 aromatic heterocycles. The minimum absolute atomic E-state index is 0.0299. The molecular formula is C26H27FN6O3. The highest BCUT2D eigenvalue weighted by atomic mass is 19.1. The van der Waals surface area contributed by atoms with Gasteiger partial charge in [0.1, 0.15) is 23.8 Å². The SMILES string of the molecule is Cc1c[nH]c2ncnc(Oc3ccc(C[C@H](N)C(=O)N4CCC(Oc5cccnc5)CC4)cc3F)c12. The van der Waals surface area contributed by atoms with E-state index in [0.717, 1.165) is 11.3 Å². The number of H-pyrrole nitrogens is 1.